The van der Waals surface area contributed by atoms with Gasteiger partial charge in [-0.3, -0.25) is 0 Å². The van der Waals surface area contributed by atoms with Gasteiger partial charge in [0.25, 0.3) is 0 Å². The molecule has 4 aromatic rings. The molecule has 4 heteroatoms. The number of aliphatic hydroxyl groups is 1. The van der Waals surface area contributed by atoms with Crippen LogP contribution in [0.4, 0.5) is 0 Å². The molecule has 1 N–H and O–H groups in total. The molecule has 2 atom stereocenters. The van der Waals surface area contributed by atoms with Gasteiger partial charge in [-0.2, -0.15) is 0 Å². The van der Waals surface area contributed by atoms with Crippen LogP contribution in [0.25, 0.3) is 0 Å². The van der Waals surface area contributed by atoms with Crippen molar-refractivity contribution in [1.82, 2.24) is 0 Å². The van der Waals surface area contributed by atoms with Crippen molar-refractivity contribution in [2.24, 2.45) is 0 Å². The predicted molar refractivity (Wildman–Crippen MR) is 150 cm³/mol. The lowest BCUT2D eigenvalue weighted by Gasteiger charge is -2.45. The Balaban J connectivity index is 1.80. The molecule has 5 rings (SSSR count). The van der Waals surface area contributed by atoms with E-state index in [9.17, 15) is 5.11 Å². The van der Waals surface area contributed by atoms with E-state index < -0.39 is 29.2 Å². The van der Waals surface area contributed by atoms with E-state index in [0.29, 0.717) is 11.1 Å². The van der Waals surface area contributed by atoms with Crippen LogP contribution < -0.4 is 0 Å². The van der Waals surface area contributed by atoms with E-state index in [2.05, 4.69) is 6.58 Å². The van der Waals surface area contributed by atoms with Gasteiger partial charge in [-0.1, -0.05) is 127 Å². The van der Waals surface area contributed by atoms with E-state index >= 15 is 0 Å². The molecule has 0 saturated carbocycles. The maximum Gasteiger partial charge on any atom is 0.164 e. The lowest BCUT2D eigenvalue weighted by molar-refractivity contribution is -0.176. The number of hydrogen-bond acceptors (Lipinski definition) is 4. The summed E-state index contributed by atoms with van der Waals surface area (Å²) < 4.78 is 20.3. The van der Waals surface area contributed by atoms with Gasteiger partial charge in [0, 0.05) is 0 Å². The first-order chi connectivity index (χ1) is 18.4. The van der Waals surface area contributed by atoms with Crippen LogP contribution in [0, 0.1) is 0 Å². The molecule has 38 heavy (non-hydrogen) atoms. The minimum Gasteiger partial charge on any atom is -0.378 e. The second-order valence-corrected chi connectivity index (χ2v) is 10.0. The summed E-state index contributed by atoms with van der Waals surface area (Å²) in [6.45, 7) is 7.95. The number of rotatable bonds is 9. The van der Waals surface area contributed by atoms with Gasteiger partial charge in [0.2, 0.25) is 0 Å². The summed E-state index contributed by atoms with van der Waals surface area (Å²) >= 11 is 0. The maximum absolute atomic E-state index is 12.9. The fraction of sp³-hybridized carbons (Fsp3) is 0.235. The van der Waals surface area contributed by atoms with Crippen LogP contribution in [0.2, 0.25) is 0 Å². The third kappa shape index (κ3) is 4.61. The highest BCUT2D eigenvalue weighted by molar-refractivity contribution is 5.44. The largest absolute Gasteiger partial charge is 0.378 e. The lowest BCUT2D eigenvalue weighted by Crippen LogP contribution is -2.56. The van der Waals surface area contributed by atoms with Crippen LogP contribution in [-0.4, -0.2) is 29.7 Å². The van der Waals surface area contributed by atoms with Crippen molar-refractivity contribution in [2.75, 3.05) is 6.61 Å². The molecule has 0 bridgehead atoms. The van der Waals surface area contributed by atoms with E-state index in [1.54, 1.807) is 6.08 Å². The molecule has 194 valence electrons. The molecule has 4 nitrogen and oxygen atoms in total. The highest BCUT2D eigenvalue weighted by Crippen LogP contribution is 2.51. The average Bonchev–Trinajstić information content (AvgIpc) is 3.31. The summed E-state index contributed by atoms with van der Waals surface area (Å²) in [5.41, 5.74) is 0.545. The van der Waals surface area contributed by atoms with Gasteiger partial charge < -0.3 is 19.3 Å². The molecule has 1 fully saturated rings. The Morgan fingerprint density at radius 3 is 1.45 bits per heavy atom. The van der Waals surface area contributed by atoms with Crippen molar-refractivity contribution in [3.05, 3.63) is 156 Å². The van der Waals surface area contributed by atoms with Gasteiger partial charge in [-0.25, -0.2) is 0 Å². The number of ether oxygens (including phenoxy) is 3. The zero-order chi connectivity index (χ0) is 26.6. The first-order valence-electron chi connectivity index (χ1n) is 13.0. The van der Waals surface area contributed by atoms with Crippen molar-refractivity contribution in [1.29, 1.82) is 0 Å². The monoisotopic (exact) mass is 506 g/mol. The standard InChI is InChI=1S/C34H34O4/c1-4-25-36-34(28-21-13-7-14-22-28,29-23-15-8-16-24-29)31-30(37-32(2,3)38-31)33(35,26-17-9-5-10-18-26)27-19-11-6-12-20-27/h4-24,30-31,35H,1,25H2,2-3H3/t30-,31-/m1/s1. The molecular formula is C34H34O4. The van der Waals surface area contributed by atoms with E-state index in [-0.39, 0.29) is 6.61 Å². The molecule has 0 radical (unpaired) electrons. The Hall–Kier alpha value is -3.54. The Morgan fingerprint density at radius 2 is 1.05 bits per heavy atom. The molecule has 0 spiro atoms. The third-order valence-corrected chi connectivity index (χ3v) is 7.17. The Kier molecular flexibility index (Phi) is 7.33. The molecule has 1 saturated heterocycles. The molecule has 0 amide bonds. The van der Waals surface area contributed by atoms with Gasteiger partial charge in [-0.15, -0.1) is 6.58 Å². The number of hydrogen-bond donors (Lipinski definition) is 1. The zero-order valence-corrected chi connectivity index (χ0v) is 21.9. The van der Waals surface area contributed by atoms with E-state index in [0.717, 1.165) is 11.1 Å². The predicted octanol–water partition coefficient (Wildman–Crippen LogP) is 6.59. The quantitative estimate of drug-likeness (QED) is 0.260. The van der Waals surface area contributed by atoms with Gasteiger partial charge in [0.1, 0.15) is 23.4 Å². The summed E-state index contributed by atoms with van der Waals surface area (Å²) in [6.07, 6.45) is 0.150. The van der Waals surface area contributed by atoms with Crippen LogP contribution >= 0.6 is 0 Å². The molecule has 0 aliphatic carbocycles. The molecular weight excluding hydrogens is 472 g/mol. The highest BCUT2D eigenvalue weighted by atomic mass is 16.8. The molecule has 4 aromatic carbocycles. The smallest absolute Gasteiger partial charge is 0.164 e. The normalized spacial score (nSPS) is 19.2. The van der Waals surface area contributed by atoms with E-state index in [1.165, 1.54) is 0 Å². The van der Waals surface area contributed by atoms with Gasteiger partial charge >= 0.3 is 0 Å². The first-order valence-corrected chi connectivity index (χ1v) is 13.0. The molecule has 1 aliphatic rings. The topological polar surface area (TPSA) is 47.9 Å². The fourth-order valence-corrected chi connectivity index (χ4v) is 5.55. The van der Waals surface area contributed by atoms with Crippen LogP contribution in [0.5, 0.6) is 0 Å². The van der Waals surface area contributed by atoms with E-state index in [4.69, 9.17) is 14.2 Å². The minimum atomic E-state index is -1.55. The summed E-state index contributed by atoms with van der Waals surface area (Å²) in [6, 6.07) is 39.3. The summed E-state index contributed by atoms with van der Waals surface area (Å²) in [5, 5.41) is 12.9. The summed E-state index contributed by atoms with van der Waals surface area (Å²) in [4.78, 5) is 0. The molecule has 0 aromatic heterocycles. The van der Waals surface area contributed by atoms with Crippen molar-refractivity contribution >= 4 is 0 Å². The van der Waals surface area contributed by atoms with Crippen molar-refractivity contribution < 1.29 is 19.3 Å². The van der Waals surface area contributed by atoms with E-state index in [1.807, 2.05) is 135 Å². The maximum atomic E-state index is 12.9. The molecule has 0 unspecified atom stereocenters. The lowest BCUT2D eigenvalue weighted by atomic mass is 9.72. The second kappa shape index (κ2) is 10.7. The number of benzene rings is 4. The molecule has 1 aliphatic heterocycles. The Morgan fingerprint density at radius 1 is 0.684 bits per heavy atom. The summed E-state index contributed by atoms with van der Waals surface area (Å²) in [5.74, 6) is -1.00. The fourth-order valence-electron chi connectivity index (χ4n) is 5.55. The average molecular weight is 507 g/mol. The SMILES string of the molecule is C=CCOC(c1ccccc1)(c1ccccc1)[C@@H]1OC(C)(C)O[C@H]1C(O)(c1ccccc1)c1ccccc1. The van der Waals surface area contributed by atoms with Crippen molar-refractivity contribution in [3.63, 3.8) is 0 Å². The van der Waals surface area contributed by atoms with Crippen molar-refractivity contribution in [2.45, 2.75) is 43.0 Å². The third-order valence-electron chi connectivity index (χ3n) is 7.17. The Labute approximate surface area is 225 Å². The first kappa shape index (κ1) is 26.1. The van der Waals surface area contributed by atoms with Crippen LogP contribution in [0.1, 0.15) is 36.1 Å². The molecule has 1 heterocycles. The van der Waals surface area contributed by atoms with Gasteiger partial charge in [0.15, 0.2) is 5.79 Å². The van der Waals surface area contributed by atoms with Gasteiger partial charge in [-0.05, 0) is 36.1 Å². The van der Waals surface area contributed by atoms with Crippen molar-refractivity contribution in [3.8, 4) is 0 Å². The van der Waals surface area contributed by atoms with Crippen LogP contribution in [0.15, 0.2) is 134 Å². The zero-order valence-electron chi connectivity index (χ0n) is 21.9. The minimum absolute atomic E-state index is 0.270. The Bertz CT molecular complexity index is 1240. The summed E-state index contributed by atoms with van der Waals surface area (Å²) in [7, 11) is 0. The van der Waals surface area contributed by atoms with Gasteiger partial charge in [0.05, 0.1) is 6.61 Å². The highest BCUT2D eigenvalue weighted by Gasteiger charge is 2.62. The van der Waals surface area contributed by atoms with Crippen LogP contribution in [0.3, 0.4) is 0 Å². The van der Waals surface area contributed by atoms with Crippen LogP contribution in [-0.2, 0) is 25.4 Å². The second-order valence-electron chi connectivity index (χ2n) is 10.0.